The van der Waals surface area contributed by atoms with Crippen LogP contribution in [0.2, 0.25) is 0 Å². The summed E-state index contributed by atoms with van der Waals surface area (Å²) >= 11 is 1.55. The first-order valence-corrected chi connectivity index (χ1v) is 9.14. The molecule has 0 aliphatic carbocycles. The number of piperidine rings is 1. The van der Waals surface area contributed by atoms with Crippen molar-refractivity contribution in [2.24, 2.45) is 5.92 Å². The van der Waals surface area contributed by atoms with Crippen LogP contribution in [0.4, 0.5) is 4.39 Å². The molecule has 3 rings (SSSR count). The summed E-state index contributed by atoms with van der Waals surface area (Å²) in [5.74, 6) is 1.45. The van der Waals surface area contributed by atoms with Gasteiger partial charge >= 0.3 is 0 Å². The molecule has 0 bridgehead atoms. The van der Waals surface area contributed by atoms with Crippen LogP contribution in [0.25, 0.3) is 0 Å². The molecule has 1 unspecified atom stereocenters. The largest absolute Gasteiger partial charge is 0.349 e. The van der Waals surface area contributed by atoms with E-state index in [4.69, 9.17) is 0 Å². The number of benzene rings is 1. The van der Waals surface area contributed by atoms with Gasteiger partial charge in [-0.1, -0.05) is 12.1 Å². The Morgan fingerprint density at radius 1 is 1.32 bits per heavy atom. The van der Waals surface area contributed by atoms with Crippen molar-refractivity contribution in [3.63, 3.8) is 0 Å². The molecule has 22 heavy (non-hydrogen) atoms. The average Bonchev–Trinajstić information content (AvgIpc) is 2.55. The predicted molar refractivity (Wildman–Crippen MR) is 87.5 cm³/mol. The topological polar surface area (TPSA) is 41.1 Å². The molecular formula is C17H23FN2OS. The highest BCUT2D eigenvalue weighted by atomic mass is 32.2. The maximum Gasteiger partial charge on any atom is 0.220 e. The number of rotatable bonds is 4. The summed E-state index contributed by atoms with van der Waals surface area (Å²) in [6.45, 7) is 2.14. The predicted octanol–water partition coefficient (Wildman–Crippen LogP) is 3.26. The Kier molecular flexibility index (Phi) is 5.37. The van der Waals surface area contributed by atoms with Crippen LogP contribution in [0.1, 0.15) is 43.7 Å². The van der Waals surface area contributed by atoms with Crippen LogP contribution < -0.4 is 10.6 Å². The zero-order chi connectivity index (χ0) is 15.4. The fraction of sp³-hybridized carbons (Fsp3) is 0.588. The normalized spacial score (nSPS) is 22.1. The second-order valence-corrected chi connectivity index (χ2v) is 7.25. The third-order valence-electron chi connectivity index (χ3n) is 4.60. The summed E-state index contributed by atoms with van der Waals surface area (Å²) in [7, 11) is 0. The smallest absolute Gasteiger partial charge is 0.220 e. The van der Waals surface area contributed by atoms with Crippen molar-refractivity contribution in [1.82, 2.24) is 10.6 Å². The van der Waals surface area contributed by atoms with Crippen molar-refractivity contribution in [1.29, 1.82) is 0 Å². The standard InChI is InChI=1S/C17H23FN2OS/c18-14-3-1-2-13-15(8-11-22-17(13)14)20-16(21)5-4-12-6-9-19-10-7-12/h1-3,12,15,19H,4-11H2,(H,20,21). The highest BCUT2D eigenvalue weighted by Gasteiger charge is 2.24. The molecule has 3 nitrogen and oxygen atoms in total. The summed E-state index contributed by atoms with van der Waals surface area (Å²) in [6.07, 6.45) is 4.76. The molecule has 0 radical (unpaired) electrons. The molecule has 1 aromatic carbocycles. The lowest BCUT2D eigenvalue weighted by atomic mass is 9.93. The van der Waals surface area contributed by atoms with Gasteiger partial charge in [-0.3, -0.25) is 4.79 Å². The van der Waals surface area contributed by atoms with Gasteiger partial charge in [0.15, 0.2) is 0 Å². The van der Waals surface area contributed by atoms with E-state index < -0.39 is 0 Å². The minimum atomic E-state index is -0.170. The van der Waals surface area contributed by atoms with Crippen LogP contribution in [0.3, 0.4) is 0 Å². The van der Waals surface area contributed by atoms with Gasteiger partial charge in [-0.25, -0.2) is 4.39 Å². The second-order valence-electron chi connectivity index (χ2n) is 6.15. The average molecular weight is 322 g/mol. The summed E-state index contributed by atoms with van der Waals surface area (Å²) in [6, 6.07) is 5.12. The van der Waals surface area contributed by atoms with Gasteiger partial charge in [0, 0.05) is 17.1 Å². The van der Waals surface area contributed by atoms with E-state index in [0.29, 0.717) is 17.2 Å². The summed E-state index contributed by atoms with van der Waals surface area (Å²) in [5, 5.41) is 6.45. The zero-order valence-corrected chi connectivity index (χ0v) is 13.6. The second kappa shape index (κ2) is 7.47. The molecule has 5 heteroatoms. The minimum Gasteiger partial charge on any atom is -0.349 e. The highest BCUT2D eigenvalue weighted by Crippen LogP contribution is 2.37. The number of carbonyl (C=O) groups is 1. The van der Waals surface area contributed by atoms with E-state index in [1.54, 1.807) is 17.8 Å². The molecule has 0 spiro atoms. The fourth-order valence-corrected chi connectivity index (χ4v) is 4.45. The van der Waals surface area contributed by atoms with Crippen LogP contribution in [-0.2, 0) is 4.79 Å². The quantitative estimate of drug-likeness (QED) is 0.894. The molecular weight excluding hydrogens is 299 g/mol. The molecule has 2 heterocycles. The number of fused-ring (bicyclic) bond motifs is 1. The van der Waals surface area contributed by atoms with Gasteiger partial charge in [0.2, 0.25) is 5.91 Å². The molecule has 2 aliphatic rings. The summed E-state index contributed by atoms with van der Waals surface area (Å²) < 4.78 is 13.8. The number of nitrogens with one attached hydrogen (secondary N) is 2. The lowest BCUT2D eigenvalue weighted by molar-refractivity contribution is -0.122. The first-order valence-electron chi connectivity index (χ1n) is 8.15. The van der Waals surface area contributed by atoms with Crippen LogP contribution in [0, 0.1) is 11.7 Å². The van der Waals surface area contributed by atoms with E-state index in [1.165, 1.54) is 18.9 Å². The first kappa shape index (κ1) is 15.8. The number of hydrogen-bond donors (Lipinski definition) is 2. The zero-order valence-electron chi connectivity index (χ0n) is 12.7. The van der Waals surface area contributed by atoms with Crippen molar-refractivity contribution < 1.29 is 9.18 Å². The number of carbonyl (C=O) groups excluding carboxylic acids is 1. The van der Waals surface area contributed by atoms with Crippen LogP contribution in [0.15, 0.2) is 23.1 Å². The summed E-state index contributed by atoms with van der Waals surface area (Å²) in [4.78, 5) is 12.9. The molecule has 0 aromatic heterocycles. The molecule has 1 aromatic rings. The number of hydrogen-bond acceptors (Lipinski definition) is 3. The van der Waals surface area contributed by atoms with E-state index in [0.717, 1.165) is 37.2 Å². The van der Waals surface area contributed by atoms with Crippen LogP contribution in [-0.4, -0.2) is 24.7 Å². The summed E-state index contributed by atoms with van der Waals surface area (Å²) in [5.41, 5.74) is 0.937. The third-order valence-corrected chi connectivity index (χ3v) is 5.76. The Labute approximate surface area is 135 Å². The molecule has 1 amide bonds. The molecule has 1 fully saturated rings. The first-order chi connectivity index (χ1) is 10.7. The van der Waals surface area contributed by atoms with E-state index in [9.17, 15) is 9.18 Å². The Morgan fingerprint density at radius 3 is 2.95 bits per heavy atom. The number of amides is 1. The molecule has 0 saturated carbocycles. The molecule has 120 valence electrons. The van der Waals surface area contributed by atoms with Gasteiger partial charge in [0.05, 0.1) is 6.04 Å². The van der Waals surface area contributed by atoms with E-state index >= 15 is 0 Å². The van der Waals surface area contributed by atoms with Crippen molar-refractivity contribution in [2.45, 2.75) is 43.0 Å². The van der Waals surface area contributed by atoms with Crippen molar-refractivity contribution in [3.8, 4) is 0 Å². The van der Waals surface area contributed by atoms with Crippen molar-refractivity contribution in [2.75, 3.05) is 18.8 Å². The third kappa shape index (κ3) is 3.82. The van der Waals surface area contributed by atoms with Gasteiger partial charge in [-0.05, 0) is 56.3 Å². The van der Waals surface area contributed by atoms with Crippen molar-refractivity contribution >= 4 is 17.7 Å². The Morgan fingerprint density at radius 2 is 2.14 bits per heavy atom. The fourth-order valence-electron chi connectivity index (χ4n) is 3.31. The Hall–Kier alpha value is -1.07. The molecule has 2 N–H and O–H groups in total. The van der Waals surface area contributed by atoms with Gasteiger partial charge in [-0.15, -0.1) is 11.8 Å². The van der Waals surface area contributed by atoms with Crippen molar-refractivity contribution in [3.05, 3.63) is 29.6 Å². The van der Waals surface area contributed by atoms with Gasteiger partial charge in [0.1, 0.15) is 5.82 Å². The molecule has 1 saturated heterocycles. The Balaban J connectivity index is 1.55. The number of thioether (sulfide) groups is 1. The van der Waals surface area contributed by atoms with E-state index in [2.05, 4.69) is 10.6 Å². The Bertz CT molecular complexity index is 531. The number of halogens is 1. The van der Waals surface area contributed by atoms with E-state index in [1.807, 2.05) is 6.07 Å². The maximum absolute atomic E-state index is 13.8. The van der Waals surface area contributed by atoms with Gasteiger partial charge in [-0.2, -0.15) is 0 Å². The molecule has 1 atom stereocenters. The minimum absolute atomic E-state index is 0.0347. The SMILES string of the molecule is O=C(CCC1CCNCC1)NC1CCSc2c(F)cccc21. The lowest BCUT2D eigenvalue weighted by Gasteiger charge is -2.27. The van der Waals surface area contributed by atoms with Gasteiger partial charge in [0.25, 0.3) is 0 Å². The molecule has 2 aliphatic heterocycles. The lowest BCUT2D eigenvalue weighted by Crippen LogP contribution is -2.32. The monoisotopic (exact) mass is 322 g/mol. The van der Waals surface area contributed by atoms with Crippen LogP contribution >= 0.6 is 11.8 Å². The van der Waals surface area contributed by atoms with Crippen LogP contribution in [0.5, 0.6) is 0 Å². The van der Waals surface area contributed by atoms with Gasteiger partial charge < -0.3 is 10.6 Å². The highest BCUT2D eigenvalue weighted by molar-refractivity contribution is 7.99. The van der Waals surface area contributed by atoms with E-state index in [-0.39, 0.29) is 17.8 Å². The maximum atomic E-state index is 13.8.